The van der Waals surface area contributed by atoms with Crippen molar-refractivity contribution in [1.82, 2.24) is 4.90 Å². The molecule has 0 unspecified atom stereocenters. The van der Waals surface area contributed by atoms with Crippen molar-refractivity contribution in [1.29, 1.82) is 0 Å². The van der Waals surface area contributed by atoms with Crippen LogP contribution < -0.4 is 5.32 Å². The molecule has 0 atom stereocenters. The van der Waals surface area contributed by atoms with Gasteiger partial charge in [0, 0.05) is 31.7 Å². The molecule has 3 nitrogen and oxygen atoms in total. The van der Waals surface area contributed by atoms with Crippen LogP contribution in [0.3, 0.4) is 0 Å². The van der Waals surface area contributed by atoms with Gasteiger partial charge >= 0.3 is 0 Å². The molecule has 1 aliphatic heterocycles. The van der Waals surface area contributed by atoms with Crippen LogP contribution in [0.15, 0.2) is 54.6 Å². The Labute approximate surface area is 157 Å². The molecule has 0 bridgehead atoms. The van der Waals surface area contributed by atoms with E-state index in [1.54, 1.807) is 0 Å². The summed E-state index contributed by atoms with van der Waals surface area (Å²) in [4.78, 5) is 14.5. The second-order valence-corrected chi connectivity index (χ2v) is 7.24. The minimum Gasteiger partial charge on any atom is -0.385 e. The van der Waals surface area contributed by atoms with E-state index in [2.05, 4.69) is 66.8 Å². The normalized spacial score (nSPS) is 15.0. The Morgan fingerprint density at radius 3 is 2.35 bits per heavy atom. The van der Waals surface area contributed by atoms with Crippen LogP contribution in [0.2, 0.25) is 0 Å². The summed E-state index contributed by atoms with van der Waals surface area (Å²) in [5.74, 6) is 0.984. The zero-order valence-electron chi connectivity index (χ0n) is 15.8. The van der Waals surface area contributed by atoms with Gasteiger partial charge in [0.05, 0.1) is 0 Å². The van der Waals surface area contributed by atoms with Crippen molar-refractivity contribution >= 4 is 11.6 Å². The van der Waals surface area contributed by atoms with Gasteiger partial charge in [-0.3, -0.25) is 4.79 Å². The number of nitrogens with zero attached hydrogens (tertiary/aromatic N) is 1. The summed E-state index contributed by atoms with van der Waals surface area (Å²) in [7, 11) is 0. The first kappa shape index (κ1) is 18.5. The summed E-state index contributed by atoms with van der Waals surface area (Å²) in [5.41, 5.74) is 3.84. The third-order valence-corrected chi connectivity index (χ3v) is 5.36. The Hall–Kier alpha value is -2.29. The molecule has 0 saturated carbocycles. The summed E-state index contributed by atoms with van der Waals surface area (Å²) < 4.78 is 0. The van der Waals surface area contributed by atoms with Gasteiger partial charge in [0.1, 0.15) is 0 Å². The number of hydrogen-bond donors (Lipinski definition) is 1. The molecule has 1 heterocycles. The SMILES string of the molecule is CCc1ccc(NCCC(=O)N2CCC(Cc3ccccc3)CC2)cc1. The number of carbonyl (C=O) groups excluding carboxylic acids is 1. The number of hydrogen-bond acceptors (Lipinski definition) is 2. The van der Waals surface area contributed by atoms with Crippen molar-refractivity contribution in [2.24, 2.45) is 5.92 Å². The molecule has 2 aromatic rings. The van der Waals surface area contributed by atoms with Gasteiger partial charge in [-0.2, -0.15) is 0 Å². The van der Waals surface area contributed by atoms with E-state index in [0.717, 1.165) is 44.5 Å². The topological polar surface area (TPSA) is 32.3 Å². The zero-order chi connectivity index (χ0) is 18.2. The zero-order valence-corrected chi connectivity index (χ0v) is 15.8. The van der Waals surface area contributed by atoms with E-state index in [9.17, 15) is 4.79 Å². The summed E-state index contributed by atoms with van der Waals surface area (Å²) in [6.07, 6.45) is 5.00. The fourth-order valence-corrected chi connectivity index (χ4v) is 3.66. The lowest BCUT2D eigenvalue weighted by molar-refractivity contribution is -0.132. The standard InChI is InChI=1S/C23H30N2O/c1-2-19-8-10-22(11-9-19)24-15-12-23(26)25-16-13-21(14-17-25)18-20-6-4-3-5-7-20/h3-11,21,24H,2,12-18H2,1H3. The van der Waals surface area contributed by atoms with Crippen LogP contribution in [-0.4, -0.2) is 30.4 Å². The van der Waals surface area contributed by atoms with E-state index in [1.807, 2.05) is 4.90 Å². The minimum atomic E-state index is 0.279. The Kier molecular flexibility index (Phi) is 6.70. The second kappa shape index (κ2) is 9.42. The van der Waals surface area contributed by atoms with E-state index in [0.29, 0.717) is 18.9 Å². The highest BCUT2D eigenvalue weighted by atomic mass is 16.2. The molecule has 0 aliphatic carbocycles. The lowest BCUT2D eigenvalue weighted by atomic mass is 9.90. The van der Waals surface area contributed by atoms with Gasteiger partial charge in [0.25, 0.3) is 0 Å². The molecule has 138 valence electrons. The average Bonchev–Trinajstić information content (AvgIpc) is 2.70. The number of amides is 1. The van der Waals surface area contributed by atoms with Crippen LogP contribution in [-0.2, 0) is 17.6 Å². The molecule has 1 fully saturated rings. The Balaban J connectivity index is 1.36. The van der Waals surface area contributed by atoms with E-state index < -0.39 is 0 Å². The molecule has 1 amide bonds. The van der Waals surface area contributed by atoms with Crippen molar-refractivity contribution in [3.63, 3.8) is 0 Å². The molecule has 1 N–H and O–H groups in total. The van der Waals surface area contributed by atoms with Gasteiger partial charge in [-0.15, -0.1) is 0 Å². The number of likely N-dealkylation sites (tertiary alicyclic amines) is 1. The third kappa shape index (κ3) is 5.35. The summed E-state index contributed by atoms with van der Waals surface area (Å²) in [6.45, 7) is 4.67. The maximum absolute atomic E-state index is 12.4. The molecule has 0 spiro atoms. The van der Waals surface area contributed by atoms with Crippen LogP contribution in [0.25, 0.3) is 0 Å². The maximum atomic E-state index is 12.4. The van der Waals surface area contributed by atoms with E-state index >= 15 is 0 Å². The first-order valence-electron chi connectivity index (χ1n) is 9.89. The van der Waals surface area contributed by atoms with Gasteiger partial charge in [-0.1, -0.05) is 49.4 Å². The van der Waals surface area contributed by atoms with E-state index in [1.165, 1.54) is 11.1 Å². The predicted octanol–water partition coefficient (Wildman–Crippen LogP) is 4.53. The molecular formula is C23H30N2O. The van der Waals surface area contributed by atoms with Crippen LogP contribution in [0, 0.1) is 5.92 Å². The largest absolute Gasteiger partial charge is 0.385 e. The molecule has 1 saturated heterocycles. The smallest absolute Gasteiger partial charge is 0.224 e. The summed E-state index contributed by atoms with van der Waals surface area (Å²) in [5, 5.41) is 3.36. The van der Waals surface area contributed by atoms with E-state index in [-0.39, 0.29) is 5.91 Å². The van der Waals surface area contributed by atoms with Crippen molar-refractivity contribution in [2.45, 2.75) is 39.0 Å². The first-order chi connectivity index (χ1) is 12.7. The number of nitrogens with one attached hydrogen (secondary N) is 1. The first-order valence-corrected chi connectivity index (χ1v) is 9.89. The Morgan fingerprint density at radius 1 is 1.00 bits per heavy atom. The number of rotatable bonds is 7. The average molecular weight is 351 g/mol. The second-order valence-electron chi connectivity index (χ2n) is 7.24. The number of carbonyl (C=O) groups is 1. The fourth-order valence-electron chi connectivity index (χ4n) is 3.66. The van der Waals surface area contributed by atoms with Crippen LogP contribution in [0.1, 0.15) is 37.3 Å². The molecule has 26 heavy (non-hydrogen) atoms. The van der Waals surface area contributed by atoms with Gasteiger partial charge in [0.2, 0.25) is 5.91 Å². The molecule has 2 aromatic carbocycles. The Morgan fingerprint density at radius 2 is 1.69 bits per heavy atom. The summed E-state index contributed by atoms with van der Waals surface area (Å²) >= 11 is 0. The van der Waals surface area contributed by atoms with Crippen LogP contribution in [0.5, 0.6) is 0 Å². The maximum Gasteiger partial charge on any atom is 0.224 e. The third-order valence-electron chi connectivity index (χ3n) is 5.36. The molecule has 3 rings (SSSR count). The molecule has 1 aliphatic rings. The molecule has 3 heteroatoms. The highest BCUT2D eigenvalue weighted by molar-refractivity contribution is 5.76. The highest BCUT2D eigenvalue weighted by Crippen LogP contribution is 2.22. The monoisotopic (exact) mass is 350 g/mol. The quantitative estimate of drug-likeness (QED) is 0.795. The predicted molar refractivity (Wildman–Crippen MR) is 108 cm³/mol. The number of piperidine rings is 1. The van der Waals surface area contributed by atoms with Crippen LogP contribution in [0.4, 0.5) is 5.69 Å². The van der Waals surface area contributed by atoms with Gasteiger partial charge in [-0.25, -0.2) is 0 Å². The van der Waals surface area contributed by atoms with Gasteiger partial charge in [-0.05, 0) is 54.9 Å². The van der Waals surface area contributed by atoms with Crippen molar-refractivity contribution in [3.05, 3.63) is 65.7 Å². The lowest BCUT2D eigenvalue weighted by Crippen LogP contribution is -2.39. The molecule has 0 radical (unpaired) electrons. The van der Waals surface area contributed by atoms with Gasteiger partial charge in [0.15, 0.2) is 0 Å². The minimum absolute atomic E-state index is 0.279. The van der Waals surface area contributed by atoms with Crippen molar-refractivity contribution in [3.8, 4) is 0 Å². The molecule has 0 aromatic heterocycles. The highest BCUT2D eigenvalue weighted by Gasteiger charge is 2.22. The van der Waals surface area contributed by atoms with Crippen LogP contribution >= 0.6 is 0 Å². The van der Waals surface area contributed by atoms with Crippen molar-refractivity contribution < 1.29 is 4.79 Å². The van der Waals surface area contributed by atoms with E-state index in [4.69, 9.17) is 0 Å². The fraction of sp³-hybridized carbons (Fsp3) is 0.435. The number of benzene rings is 2. The van der Waals surface area contributed by atoms with Crippen molar-refractivity contribution in [2.75, 3.05) is 25.0 Å². The lowest BCUT2D eigenvalue weighted by Gasteiger charge is -2.32. The molecular weight excluding hydrogens is 320 g/mol. The number of aryl methyl sites for hydroxylation is 1. The van der Waals surface area contributed by atoms with Gasteiger partial charge < -0.3 is 10.2 Å². The summed E-state index contributed by atoms with van der Waals surface area (Å²) in [6, 6.07) is 19.2. The number of anilines is 1. The Bertz CT molecular complexity index is 673.